The molecule has 0 unspecified atom stereocenters. The molecule has 2 aromatic heterocycles. The Labute approximate surface area is 168 Å². The maximum absolute atomic E-state index is 12.5. The fourth-order valence-corrected chi connectivity index (χ4v) is 5.92. The molecule has 2 bridgehead atoms. The van der Waals surface area contributed by atoms with E-state index in [2.05, 4.69) is 21.3 Å². The quantitative estimate of drug-likeness (QED) is 0.863. The van der Waals surface area contributed by atoms with Gasteiger partial charge in [-0.25, -0.2) is 4.98 Å². The largest absolute Gasteiger partial charge is 0.369 e. The number of nitrogens with zero attached hydrogens (tertiary/aromatic N) is 3. The highest BCUT2D eigenvalue weighted by Crippen LogP contribution is 2.55. The van der Waals surface area contributed by atoms with Crippen LogP contribution in [0.3, 0.4) is 0 Å². The molecular weight excluding hydrogens is 372 g/mol. The van der Waals surface area contributed by atoms with Gasteiger partial charge in [0.05, 0.1) is 22.1 Å². The Bertz CT molecular complexity index is 950. The summed E-state index contributed by atoms with van der Waals surface area (Å²) in [5.74, 6) is 1.64. The molecule has 1 amide bonds. The van der Waals surface area contributed by atoms with Crippen LogP contribution in [0.25, 0.3) is 0 Å². The van der Waals surface area contributed by atoms with Gasteiger partial charge in [0.1, 0.15) is 11.9 Å². The number of hydrogen-bond acceptors (Lipinski definition) is 6. The Balaban J connectivity index is 1.29. The molecule has 3 saturated heterocycles. The molecule has 3 aliphatic rings. The molecule has 0 aromatic carbocycles. The van der Waals surface area contributed by atoms with Gasteiger partial charge in [-0.15, -0.1) is 11.3 Å². The van der Waals surface area contributed by atoms with Crippen LogP contribution in [0.15, 0.2) is 30.5 Å². The van der Waals surface area contributed by atoms with Gasteiger partial charge < -0.3 is 15.0 Å². The van der Waals surface area contributed by atoms with Crippen molar-refractivity contribution in [3.8, 4) is 6.07 Å². The van der Waals surface area contributed by atoms with Crippen LogP contribution in [0.5, 0.6) is 0 Å². The molecule has 2 aromatic rings. The van der Waals surface area contributed by atoms with Crippen molar-refractivity contribution in [1.82, 2.24) is 10.3 Å². The molecule has 28 heavy (non-hydrogen) atoms. The molecule has 3 aliphatic heterocycles. The molecule has 5 heterocycles. The van der Waals surface area contributed by atoms with E-state index < -0.39 is 0 Å². The minimum atomic E-state index is -0.116. The first-order valence-corrected chi connectivity index (χ1v) is 10.5. The molecule has 6 nitrogen and oxygen atoms in total. The summed E-state index contributed by atoms with van der Waals surface area (Å²) in [7, 11) is 0. The van der Waals surface area contributed by atoms with Crippen molar-refractivity contribution in [2.24, 2.45) is 11.8 Å². The maximum Gasteiger partial charge on any atom is 0.261 e. The average molecular weight is 395 g/mol. The minimum Gasteiger partial charge on any atom is -0.369 e. The summed E-state index contributed by atoms with van der Waals surface area (Å²) in [6.07, 6.45) is 4.00. The topological polar surface area (TPSA) is 78.3 Å². The molecule has 1 N–H and O–H groups in total. The molecular formula is C21H22N4O2S. The molecule has 144 valence electrons. The Hall–Kier alpha value is -2.43. The molecule has 0 aliphatic carbocycles. The third-order valence-electron chi connectivity index (χ3n) is 6.45. The van der Waals surface area contributed by atoms with E-state index in [9.17, 15) is 4.79 Å². The Morgan fingerprint density at radius 1 is 1.46 bits per heavy atom. The molecule has 4 atom stereocenters. The maximum atomic E-state index is 12.5. The second-order valence-corrected chi connectivity index (χ2v) is 9.34. The highest BCUT2D eigenvalue weighted by atomic mass is 32.1. The van der Waals surface area contributed by atoms with E-state index in [1.54, 1.807) is 6.20 Å². The van der Waals surface area contributed by atoms with E-state index in [0.717, 1.165) is 41.5 Å². The van der Waals surface area contributed by atoms with E-state index in [4.69, 9.17) is 10.00 Å². The number of ether oxygens (including phenoxy) is 1. The number of hydrogen-bond donors (Lipinski definition) is 1. The molecule has 1 spiro atoms. The van der Waals surface area contributed by atoms with E-state index in [1.807, 2.05) is 31.2 Å². The predicted molar refractivity (Wildman–Crippen MR) is 106 cm³/mol. The van der Waals surface area contributed by atoms with Crippen molar-refractivity contribution < 1.29 is 9.53 Å². The van der Waals surface area contributed by atoms with Gasteiger partial charge in [-0.1, -0.05) is 0 Å². The van der Waals surface area contributed by atoms with Crippen LogP contribution in [0.2, 0.25) is 0 Å². The Kier molecular flexibility index (Phi) is 4.14. The van der Waals surface area contributed by atoms with Crippen LogP contribution in [0, 0.1) is 30.1 Å². The first-order chi connectivity index (χ1) is 13.6. The van der Waals surface area contributed by atoms with Crippen LogP contribution in [0.1, 0.15) is 33.0 Å². The van der Waals surface area contributed by atoms with Gasteiger partial charge in [-0.2, -0.15) is 5.26 Å². The van der Waals surface area contributed by atoms with Gasteiger partial charge in [0.2, 0.25) is 0 Å². The lowest BCUT2D eigenvalue weighted by Crippen LogP contribution is -2.41. The molecule has 3 fully saturated rings. The van der Waals surface area contributed by atoms with Crippen molar-refractivity contribution in [3.05, 3.63) is 45.8 Å². The third kappa shape index (κ3) is 2.79. The fraction of sp³-hybridized carbons (Fsp3) is 0.476. The number of thiophene rings is 1. The summed E-state index contributed by atoms with van der Waals surface area (Å²) in [6.45, 7) is 4.39. The van der Waals surface area contributed by atoms with Gasteiger partial charge in [-0.3, -0.25) is 4.79 Å². The molecule has 0 saturated carbocycles. The number of anilines is 1. The fourth-order valence-electron chi connectivity index (χ4n) is 5.13. The van der Waals surface area contributed by atoms with Gasteiger partial charge in [0, 0.05) is 42.5 Å². The minimum absolute atomic E-state index is 0.0125. The van der Waals surface area contributed by atoms with E-state index >= 15 is 0 Å². The number of aryl methyl sites for hydroxylation is 1. The van der Waals surface area contributed by atoms with Crippen molar-refractivity contribution in [3.63, 3.8) is 0 Å². The van der Waals surface area contributed by atoms with Gasteiger partial charge in [0.25, 0.3) is 5.91 Å². The highest BCUT2D eigenvalue weighted by molar-refractivity contribution is 7.13. The molecule has 5 rings (SSSR count). The van der Waals surface area contributed by atoms with Crippen LogP contribution in [0.4, 0.5) is 5.82 Å². The second-order valence-electron chi connectivity index (χ2n) is 8.05. The van der Waals surface area contributed by atoms with Crippen molar-refractivity contribution in [2.75, 3.05) is 24.5 Å². The summed E-state index contributed by atoms with van der Waals surface area (Å²) >= 11 is 1.53. The van der Waals surface area contributed by atoms with Crippen molar-refractivity contribution in [2.45, 2.75) is 31.5 Å². The summed E-state index contributed by atoms with van der Waals surface area (Å²) < 4.78 is 6.46. The van der Waals surface area contributed by atoms with Crippen molar-refractivity contribution in [1.29, 1.82) is 5.26 Å². The number of carbonyl (C=O) groups is 1. The predicted octanol–water partition coefficient (Wildman–Crippen LogP) is 2.74. The Morgan fingerprint density at radius 3 is 3.07 bits per heavy atom. The smallest absolute Gasteiger partial charge is 0.261 e. The van der Waals surface area contributed by atoms with Gasteiger partial charge in [0.15, 0.2) is 0 Å². The third-order valence-corrected chi connectivity index (χ3v) is 7.45. The van der Waals surface area contributed by atoms with Crippen LogP contribution in [-0.4, -0.2) is 42.2 Å². The first-order valence-electron chi connectivity index (χ1n) is 9.71. The molecule has 0 radical (unpaired) electrons. The molecule has 7 heteroatoms. The lowest BCUT2D eigenvalue weighted by molar-refractivity contribution is 0.0141. The van der Waals surface area contributed by atoms with E-state index in [0.29, 0.717) is 23.9 Å². The van der Waals surface area contributed by atoms with Gasteiger partial charge in [-0.05, 0) is 44.0 Å². The van der Waals surface area contributed by atoms with Crippen LogP contribution >= 0.6 is 11.3 Å². The number of fused-ring (bicyclic) bond motifs is 1. The number of nitriles is 1. The van der Waals surface area contributed by atoms with Crippen LogP contribution in [-0.2, 0) is 4.74 Å². The summed E-state index contributed by atoms with van der Waals surface area (Å²) in [5.41, 5.74) is 0.456. The normalized spacial score (nSPS) is 30.3. The summed E-state index contributed by atoms with van der Waals surface area (Å²) in [5, 5.41) is 12.1. The zero-order valence-electron chi connectivity index (χ0n) is 15.7. The lowest BCUT2D eigenvalue weighted by Gasteiger charge is -2.29. The van der Waals surface area contributed by atoms with Crippen LogP contribution < -0.4 is 10.2 Å². The van der Waals surface area contributed by atoms with Gasteiger partial charge >= 0.3 is 0 Å². The average Bonchev–Trinajstić information content (AvgIpc) is 3.46. The SMILES string of the molecule is Cc1ccc(C(=O)NC[C@H]2[C@H]3CN(c4ccc(C#N)cn4)C[C@]34CC[C@H]2O4)s1. The first kappa shape index (κ1) is 17.7. The zero-order valence-corrected chi connectivity index (χ0v) is 16.5. The van der Waals surface area contributed by atoms with E-state index in [-0.39, 0.29) is 17.6 Å². The van der Waals surface area contributed by atoms with Crippen molar-refractivity contribution >= 4 is 23.1 Å². The number of aromatic nitrogens is 1. The standard InChI is InChI=1S/C21H22N4O2S/c1-13-2-4-18(28-13)20(26)24-10-15-16-11-25(12-21(16)7-6-17(15)27-21)19-5-3-14(8-22)9-23-19/h2-5,9,15-17H,6-7,10-12H2,1H3,(H,24,26)/t15-,16+,17+,21+/m0/s1. The zero-order chi connectivity index (χ0) is 19.3. The number of rotatable bonds is 4. The highest BCUT2D eigenvalue weighted by Gasteiger charge is 2.63. The monoisotopic (exact) mass is 394 g/mol. The number of nitrogens with one attached hydrogen (secondary N) is 1. The number of pyridine rings is 1. The van der Waals surface area contributed by atoms with E-state index in [1.165, 1.54) is 11.3 Å². The second kappa shape index (κ2) is 6.57. The number of amides is 1. The number of carbonyl (C=O) groups excluding carboxylic acids is 1. The Morgan fingerprint density at radius 2 is 2.36 bits per heavy atom. The summed E-state index contributed by atoms with van der Waals surface area (Å²) in [6, 6.07) is 9.71. The summed E-state index contributed by atoms with van der Waals surface area (Å²) in [4.78, 5) is 21.1. The lowest BCUT2D eigenvalue weighted by atomic mass is 9.73.